The molecule has 0 aliphatic carbocycles. The summed E-state index contributed by atoms with van der Waals surface area (Å²) in [6, 6.07) is 16.6. The van der Waals surface area contributed by atoms with E-state index in [1.807, 2.05) is 51.1 Å². The van der Waals surface area contributed by atoms with Crippen LogP contribution in [-0.2, 0) is 6.61 Å². The van der Waals surface area contributed by atoms with Gasteiger partial charge in [0, 0.05) is 21.2 Å². The van der Waals surface area contributed by atoms with Gasteiger partial charge in [0.15, 0.2) is 0 Å². The Balaban J connectivity index is 1.65. The Bertz CT molecular complexity index is 1070. The molecule has 4 nitrogen and oxygen atoms in total. The zero-order valence-electron chi connectivity index (χ0n) is 17.0. The van der Waals surface area contributed by atoms with Crippen molar-refractivity contribution in [3.63, 3.8) is 0 Å². The van der Waals surface area contributed by atoms with Crippen LogP contribution in [0.15, 0.2) is 59.7 Å². The van der Waals surface area contributed by atoms with E-state index in [1.165, 1.54) is 0 Å². The zero-order chi connectivity index (χ0) is 21.7. The first-order valence-corrected chi connectivity index (χ1v) is 10.2. The number of amides is 1. The number of nitrogens with one attached hydrogen (secondary N) is 1. The maximum Gasteiger partial charge on any atom is 0.271 e. The van der Waals surface area contributed by atoms with Gasteiger partial charge in [0.1, 0.15) is 12.4 Å². The zero-order valence-corrected chi connectivity index (χ0v) is 18.5. The molecule has 6 heteroatoms. The number of ether oxygens (including phenoxy) is 1. The van der Waals surface area contributed by atoms with Crippen LogP contribution in [0.1, 0.15) is 38.2 Å². The molecule has 1 N–H and O–H groups in total. The highest BCUT2D eigenvalue weighted by atomic mass is 35.5. The molecule has 3 aromatic rings. The van der Waals surface area contributed by atoms with Gasteiger partial charge >= 0.3 is 0 Å². The number of hydrazone groups is 1. The second kappa shape index (κ2) is 9.79. The summed E-state index contributed by atoms with van der Waals surface area (Å²) in [7, 11) is 0. The molecule has 0 bridgehead atoms. The third kappa shape index (κ3) is 5.62. The van der Waals surface area contributed by atoms with Crippen LogP contribution in [0.4, 0.5) is 0 Å². The summed E-state index contributed by atoms with van der Waals surface area (Å²) in [4.78, 5) is 12.1. The van der Waals surface area contributed by atoms with E-state index in [4.69, 9.17) is 27.9 Å². The molecule has 0 aliphatic heterocycles. The predicted molar refractivity (Wildman–Crippen MR) is 123 cm³/mol. The van der Waals surface area contributed by atoms with Gasteiger partial charge < -0.3 is 4.74 Å². The van der Waals surface area contributed by atoms with Crippen molar-refractivity contribution >= 4 is 35.3 Å². The SMILES string of the molecule is Cc1ccc(C(=O)N/N=C\c2cc(C)c(OCc3ccc(Cl)cc3Cl)c(C)c2)cc1. The number of hydrogen-bond acceptors (Lipinski definition) is 3. The van der Waals surface area contributed by atoms with E-state index >= 15 is 0 Å². The molecule has 0 saturated carbocycles. The fraction of sp³-hybridized carbons (Fsp3) is 0.167. The minimum absolute atomic E-state index is 0.250. The highest BCUT2D eigenvalue weighted by Gasteiger charge is 2.09. The van der Waals surface area contributed by atoms with E-state index in [9.17, 15) is 4.79 Å². The minimum atomic E-state index is -0.250. The number of rotatable bonds is 6. The third-order valence-electron chi connectivity index (χ3n) is 4.56. The first kappa shape index (κ1) is 21.9. The van der Waals surface area contributed by atoms with Gasteiger partial charge in [-0.3, -0.25) is 4.79 Å². The Morgan fingerprint density at radius 3 is 2.30 bits per heavy atom. The number of halogens is 2. The molecule has 30 heavy (non-hydrogen) atoms. The smallest absolute Gasteiger partial charge is 0.271 e. The number of nitrogens with zero attached hydrogens (tertiary/aromatic N) is 1. The third-order valence-corrected chi connectivity index (χ3v) is 5.15. The second-order valence-electron chi connectivity index (χ2n) is 7.07. The van der Waals surface area contributed by atoms with Gasteiger partial charge in [0.25, 0.3) is 5.91 Å². The molecule has 0 atom stereocenters. The number of hydrogen-bond donors (Lipinski definition) is 1. The first-order valence-electron chi connectivity index (χ1n) is 9.41. The van der Waals surface area contributed by atoms with Crippen molar-refractivity contribution in [2.45, 2.75) is 27.4 Å². The monoisotopic (exact) mass is 440 g/mol. The van der Waals surface area contributed by atoms with Crippen molar-refractivity contribution in [3.8, 4) is 5.75 Å². The van der Waals surface area contributed by atoms with Crippen LogP contribution in [-0.4, -0.2) is 12.1 Å². The van der Waals surface area contributed by atoms with Crippen LogP contribution in [0.3, 0.4) is 0 Å². The number of aryl methyl sites for hydroxylation is 3. The van der Waals surface area contributed by atoms with Gasteiger partial charge in [-0.2, -0.15) is 5.10 Å². The normalized spacial score (nSPS) is 11.0. The molecular weight excluding hydrogens is 419 g/mol. The average molecular weight is 441 g/mol. The molecule has 1 amide bonds. The van der Waals surface area contributed by atoms with Gasteiger partial charge in [-0.05, 0) is 73.9 Å². The number of carbonyl (C=O) groups is 1. The Labute approximate surface area is 186 Å². The van der Waals surface area contributed by atoms with Crippen molar-refractivity contribution in [3.05, 3.63) is 98.0 Å². The van der Waals surface area contributed by atoms with Gasteiger partial charge in [-0.25, -0.2) is 5.43 Å². The van der Waals surface area contributed by atoms with Crippen molar-refractivity contribution in [1.82, 2.24) is 5.43 Å². The molecule has 0 heterocycles. The van der Waals surface area contributed by atoms with E-state index < -0.39 is 0 Å². The number of benzene rings is 3. The Morgan fingerprint density at radius 2 is 1.67 bits per heavy atom. The summed E-state index contributed by atoms with van der Waals surface area (Å²) in [5, 5.41) is 5.24. The van der Waals surface area contributed by atoms with Gasteiger partial charge in [-0.1, -0.05) is 47.0 Å². The van der Waals surface area contributed by atoms with E-state index in [0.717, 1.165) is 33.6 Å². The largest absolute Gasteiger partial charge is 0.488 e. The molecular formula is C24H22Cl2N2O2. The molecule has 0 radical (unpaired) electrons. The average Bonchev–Trinajstić information content (AvgIpc) is 2.69. The van der Waals surface area contributed by atoms with Crippen LogP contribution in [0.5, 0.6) is 5.75 Å². The molecule has 154 valence electrons. The van der Waals surface area contributed by atoms with Crippen LogP contribution in [0, 0.1) is 20.8 Å². The minimum Gasteiger partial charge on any atom is -0.488 e. The molecule has 0 fully saturated rings. The maximum absolute atomic E-state index is 12.1. The molecule has 0 spiro atoms. The van der Waals surface area contributed by atoms with Crippen molar-refractivity contribution in [2.24, 2.45) is 5.10 Å². The second-order valence-corrected chi connectivity index (χ2v) is 7.92. The van der Waals surface area contributed by atoms with Crippen LogP contribution in [0.25, 0.3) is 0 Å². The highest BCUT2D eigenvalue weighted by molar-refractivity contribution is 6.35. The van der Waals surface area contributed by atoms with Gasteiger partial charge in [0.2, 0.25) is 0 Å². The molecule has 3 aromatic carbocycles. The summed E-state index contributed by atoms with van der Waals surface area (Å²) in [6.07, 6.45) is 1.62. The Hall–Kier alpha value is -2.82. The van der Waals surface area contributed by atoms with Crippen LogP contribution < -0.4 is 10.2 Å². The lowest BCUT2D eigenvalue weighted by atomic mass is 10.1. The molecule has 0 aromatic heterocycles. The Kier molecular flexibility index (Phi) is 7.14. The fourth-order valence-electron chi connectivity index (χ4n) is 3.01. The lowest BCUT2D eigenvalue weighted by molar-refractivity contribution is 0.0955. The van der Waals surface area contributed by atoms with E-state index in [2.05, 4.69) is 10.5 Å². The van der Waals surface area contributed by atoms with Crippen LogP contribution in [0.2, 0.25) is 10.0 Å². The molecule has 0 saturated heterocycles. The summed E-state index contributed by atoms with van der Waals surface area (Å²) in [6.45, 7) is 6.25. The van der Waals surface area contributed by atoms with E-state index in [-0.39, 0.29) is 5.91 Å². The van der Waals surface area contributed by atoms with Gasteiger partial charge in [-0.15, -0.1) is 0 Å². The lowest BCUT2D eigenvalue weighted by Gasteiger charge is -2.14. The summed E-state index contributed by atoms with van der Waals surface area (Å²) in [5.74, 6) is 0.543. The van der Waals surface area contributed by atoms with Crippen molar-refractivity contribution < 1.29 is 9.53 Å². The summed E-state index contributed by atoms with van der Waals surface area (Å²) in [5.41, 5.74) is 7.88. The standard InChI is InChI=1S/C24H22Cl2N2O2/c1-15-4-6-19(7-5-15)24(29)28-27-13-18-10-16(2)23(17(3)11-18)30-14-20-8-9-21(25)12-22(20)26/h4-13H,14H2,1-3H3,(H,28,29)/b27-13-. The lowest BCUT2D eigenvalue weighted by Crippen LogP contribution is -2.17. The predicted octanol–water partition coefficient (Wildman–Crippen LogP) is 6.26. The quantitative estimate of drug-likeness (QED) is 0.363. The summed E-state index contributed by atoms with van der Waals surface area (Å²) < 4.78 is 6.00. The molecule has 0 unspecified atom stereocenters. The van der Waals surface area contributed by atoms with E-state index in [0.29, 0.717) is 22.2 Å². The van der Waals surface area contributed by atoms with Crippen molar-refractivity contribution in [2.75, 3.05) is 0 Å². The number of carbonyl (C=O) groups excluding carboxylic acids is 1. The molecule has 0 aliphatic rings. The maximum atomic E-state index is 12.1. The molecule has 3 rings (SSSR count). The topological polar surface area (TPSA) is 50.7 Å². The summed E-state index contributed by atoms with van der Waals surface area (Å²) >= 11 is 12.2. The van der Waals surface area contributed by atoms with Gasteiger partial charge in [0.05, 0.1) is 6.21 Å². The fourth-order valence-corrected chi connectivity index (χ4v) is 3.47. The van der Waals surface area contributed by atoms with E-state index in [1.54, 1.807) is 30.5 Å². The van der Waals surface area contributed by atoms with Crippen molar-refractivity contribution in [1.29, 1.82) is 0 Å². The van der Waals surface area contributed by atoms with Crippen LogP contribution >= 0.6 is 23.2 Å². The Morgan fingerprint density at radius 1 is 1.00 bits per heavy atom. The highest BCUT2D eigenvalue weighted by Crippen LogP contribution is 2.27. The first-order chi connectivity index (χ1) is 14.3.